The Labute approximate surface area is 172 Å². The van der Waals surface area contributed by atoms with E-state index in [1.54, 1.807) is 12.3 Å². The maximum atomic E-state index is 11.1. The zero-order valence-electron chi connectivity index (χ0n) is 15.7. The van der Waals surface area contributed by atoms with Crippen LogP contribution in [0.15, 0.2) is 12.3 Å². The van der Waals surface area contributed by atoms with Gasteiger partial charge < -0.3 is 20.6 Å². The molecule has 1 aliphatic heterocycles. The van der Waals surface area contributed by atoms with Crippen LogP contribution in [-0.2, 0) is 0 Å². The van der Waals surface area contributed by atoms with Crippen LogP contribution in [0.2, 0.25) is 5.15 Å². The summed E-state index contributed by atoms with van der Waals surface area (Å²) in [5.74, 6) is 0.634. The maximum Gasteiger partial charge on any atom is 0.404 e. The van der Waals surface area contributed by atoms with Crippen molar-refractivity contribution < 1.29 is 9.90 Å². The number of anilines is 2. The van der Waals surface area contributed by atoms with Gasteiger partial charge in [-0.1, -0.05) is 22.9 Å². The number of nitrogens with one attached hydrogen (secondary N) is 2. The molecule has 10 heteroatoms. The zero-order valence-corrected chi connectivity index (χ0v) is 17.3. The van der Waals surface area contributed by atoms with Crippen LogP contribution >= 0.6 is 22.9 Å². The minimum absolute atomic E-state index is 0.0449. The minimum atomic E-state index is -0.936. The number of hydrogen-bond acceptors (Lipinski definition) is 7. The molecule has 1 saturated heterocycles. The minimum Gasteiger partial charge on any atom is -0.465 e. The number of carbonyl (C=O) groups is 1. The first-order valence-corrected chi connectivity index (χ1v) is 10.6. The molecule has 3 heterocycles. The van der Waals surface area contributed by atoms with Gasteiger partial charge in [0.05, 0.1) is 5.56 Å². The van der Waals surface area contributed by atoms with E-state index in [9.17, 15) is 4.79 Å². The predicted octanol–water partition coefficient (Wildman–Crippen LogP) is 3.56. The van der Waals surface area contributed by atoms with Crippen molar-refractivity contribution in [2.24, 2.45) is 11.8 Å². The van der Waals surface area contributed by atoms with E-state index in [4.69, 9.17) is 16.7 Å². The van der Waals surface area contributed by atoms with Crippen molar-refractivity contribution in [2.45, 2.75) is 38.8 Å². The van der Waals surface area contributed by atoms with E-state index in [0.29, 0.717) is 17.0 Å². The average molecular weight is 423 g/mol. The Kier molecular flexibility index (Phi) is 5.29. The second-order valence-electron chi connectivity index (χ2n) is 7.72. The molecule has 2 fully saturated rings. The third kappa shape index (κ3) is 3.86. The van der Waals surface area contributed by atoms with Gasteiger partial charge >= 0.3 is 6.09 Å². The molecule has 4 rings (SSSR count). The highest BCUT2D eigenvalue weighted by Crippen LogP contribution is 2.41. The van der Waals surface area contributed by atoms with Crippen molar-refractivity contribution >= 4 is 39.8 Å². The van der Waals surface area contributed by atoms with Gasteiger partial charge in [-0.15, -0.1) is 10.2 Å². The largest absolute Gasteiger partial charge is 0.465 e. The van der Waals surface area contributed by atoms with Gasteiger partial charge in [0.1, 0.15) is 5.15 Å². The molecule has 1 aliphatic carbocycles. The van der Waals surface area contributed by atoms with Gasteiger partial charge in [0.2, 0.25) is 5.13 Å². The molecular formula is C18H23ClN6O2S. The summed E-state index contributed by atoms with van der Waals surface area (Å²) >= 11 is 7.59. The second-order valence-corrected chi connectivity index (χ2v) is 9.06. The number of carboxylic acid groups (broad SMARTS) is 1. The smallest absolute Gasteiger partial charge is 0.404 e. The molecular weight excluding hydrogens is 400 g/mol. The van der Waals surface area contributed by atoms with Crippen LogP contribution in [0.25, 0.3) is 10.6 Å². The lowest BCUT2D eigenvalue weighted by atomic mass is 9.92. The molecule has 3 N–H and O–H groups in total. The fraction of sp³-hybridized carbons (Fsp3) is 0.556. The molecule has 2 bridgehead atoms. The maximum absolute atomic E-state index is 11.1. The summed E-state index contributed by atoms with van der Waals surface area (Å²) in [4.78, 5) is 17.5. The van der Waals surface area contributed by atoms with Crippen molar-refractivity contribution in [2.75, 3.05) is 23.3 Å². The molecule has 2 aromatic heterocycles. The molecule has 2 aliphatic rings. The molecule has 0 radical (unpaired) electrons. The van der Waals surface area contributed by atoms with Gasteiger partial charge in [0, 0.05) is 37.1 Å². The lowest BCUT2D eigenvalue weighted by Gasteiger charge is -2.37. The predicted molar refractivity (Wildman–Crippen MR) is 110 cm³/mol. The summed E-state index contributed by atoms with van der Waals surface area (Å²) in [6, 6.07) is 2.10. The number of aromatic nitrogens is 3. The Morgan fingerprint density at radius 3 is 2.68 bits per heavy atom. The van der Waals surface area contributed by atoms with Crippen LogP contribution in [0.3, 0.4) is 0 Å². The number of halogens is 1. The van der Waals surface area contributed by atoms with Gasteiger partial charge in [-0.25, -0.2) is 9.78 Å². The molecule has 28 heavy (non-hydrogen) atoms. The molecule has 1 amide bonds. The first kappa shape index (κ1) is 19.2. The third-order valence-electron chi connectivity index (χ3n) is 5.35. The number of rotatable bonds is 5. The summed E-state index contributed by atoms with van der Waals surface area (Å²) in [6.07, 6.45) is 2.88. The Balaban J connectivity index is 1.54. The Bertz CT molecular complexity index is 862. The third-order valence-corrected chi connectivity index (χ3v) is 6.58. The van der Waals surface area contributed by atoms with Crippen molar-refractivity contribution in [3.05, 3.63) is 17.4 Å². The normalized spacial score (nSPS) is 23.9. The number of pyridine rings is 1. The first-order chi connectivity index (χ1) is 13.4. The molecule has 150 valence electrons. The lowest BCUT2D eigenvalue weighted by molar-refractivity contribution is 0.178. The molecule has 0 spiro atoms. The van der Waals surface area contributed by atoms with E-state index in [2.05, 4.69) is 44.6 Å². The molecule has 3 atom stereocenters. The molecule has 0 aromatic carbocycles. The van der Waals surface area contributed by atoms with E-state index in [-0.39, 0.29) is 12.1 Å². The standard InChI is InChI=1S/C18H23ClN6O2S/c1-9(2)21-13-5-14(19)20-6-12(13)16-23-24-17(28-16)25-7-10-3-4-11(8-25)15(10)22-18(26)27/h5-6,9-11,15,22H,3-4,7-8H2,1-2H3,(H,20,21)(H,26,27)/t10-,11+,15-. The topological polar surface area (TPSA) is 103 Å². The van der Waals surface area contributed by atoms with E-state index >= 15 is 0 Å². The highest BCUT2D eigenvalue weighted by molar-refractivity contribution is 7.18. The zero-order chi connectivity index (χ0) is 19.8. The van der Waals surface area contributed by atoms with E-state index in [0.717, 1.165) is 47.3 Å². The number of fused-ring (bicyclic) bond motifs is 2. The number of amides is 1. The number of piperidine rings is 1. The van der Waals surface area contributed by atoms with Gasteiger partial charge in [0.15, 0.2) is 5.01 Å². The lowest BCUT2D eigenvalue weighted by Crippen LogP contribution is -2.52. The average Bonchev–Trinajstić information content (AvgIpc) is 3.17. The van der Waals surface area contributed by atoms with Gasteiger partial charge in [-0.05, 0) is 44.6 Å². The van der Waals surface area contributed by atoms with Crippen molar-refractivity contribution in [1.82, 2.24) is 20.5 Å². The Morgan fingerprint density at radius 2 is 2.04 bits per heavy atom. The first-order valence-electron chi connectivity index (χ1n) is 9.41. The monoisotopic (exact) mass is 422 g/mol. The number of nitrogens with zero attached hydrogens (tertiary/aromatic N) is 4. The number of hydrogen-bond donors (Lipinski definition) is 3. The molecule has 8 nitrogen and oxygen atoms in total. The van der Waals surface area contributed by atoms with Crippen LogP contribution in [0.5, 0.6) is 0 Å². The summed E-state index contributed by atoms with van der Waals surface area (Å²) < 4.78 is 0. The van der Waals surface area contributed by atoms with Gasteiger partial charge in [-0.3, -0.25) is 0 Å². The molecule has 0 unspecified atom stereocenters. The highest BCUT2D eigenvalue weighted by atomic mass is 35.5. The SMILES string of the molecule is CC(C)Nc1cc(Cl)ncc1-c1nnc(N2C[C@H]3CC[C@@H](C2)[C@@H]3NC(=O)O)s1. The van der Waals surface area contributed by atoms with Crippen LogP contribution in [0, 0.1) is 11.8 Å². The Morgan fingerprint density at radius 1 is 1.32 bits per heavy atom. The van der Waals surface area contributed by atoms with Crippen LogP contribution in [0.4, 0.5) is 15.6 Å². The second kappa shape index (κ2) is 7.71. The van der Waals surface area contributed by atoms with Crippen molar-refractivity contribution in [1.29, 1.82) is 0 Å². The van der Waals surface area contributed by atoms with Crippen LogP contribution < -0.4 is 15.5 Å². The van der Waals surface area contributed by atoms with Crippen LogP contribution in [-0.4, -0.2) is 51.6 Å². The van der Waals surface area contributed by atoms with Crippen molar-refractivity contribution in [3.8, 4) is 10.6 Å². The summed E-state index contributed by atoms with van der Waals surface area (Å²) in [7, 11) is 0. The van der Waals surface area contributed by atoms with E-state index in [1.807, 2.05) is 0 Å². The summed E-state index contributed by atoms with van der Waals surface area (Å²) in [5.41, 5.74) is 1.77. The highest BCUT2D eigenvalue weighted by Gasteiger charge is 2.43. The van der Waals surface area contributed by atoms with E-state index in [1.165, 1.54) is 11.3 Å². The van der Waals surface area contributed by atoms with Crippen molar-refractivity contribution in [3.63, 3.8) is 0 Å². The van der Waals surface area contributed by atoms with Gasteiger partial charge in [0.25, 0.3) is 0 Å². The van der Waals surface area contributed by atoms with Gasteiger partial charge in [-0.2, -0.15) is 0 Å². The molecule has 1 saturated carbocycles. The summed E-state index contributed by atoms with van der Waals surface area (Å²) in [6.45, 7) is 5.72. The fourth-order valence-corrected chi connectivity index (χ4v) is 5.28. The Hall–Kier alpha value is -2.13. The summed E-state index contributed by atoms with van der Waals surface area (Å²) in [5, 5.41) is 26.1. The van der Waals surface area contributed by atoms with E-state index < -0.39 is 6.09 Å². The van der Waals surface area contributed by atoms with Crippen LogP contribution in [0.1, 0.15) is 26.7 Å². The molecule has 2 aromatic rings. The quantitative estimate of drug-likeness (QED) is 0.633. The fourth-order valence-electron chi connectivity index (χ4n) is 4.24.